The third-order valence-electron chi connectivity index (χ3n) is 4.16. The third-order valence-corrected chi connectivity index (χ3v) is 4.16. The van der Waals surface area contributed by atoms with E-state index in [0.717, 1.165) is 16.5 Å². The van der Waals surface area contributed by atoms with Gasteiger partial charge in [0.05, 0.1) is 12.0 Å². The standard InChI is InChI=1S/C20H20N2O3/c23-19(11-13-22-12-10-16-8-4-5-9-18(16)22)21-17(20(24)25)14-15-6-2-1-3-7-15/h1-10,12,17H,11,13-14H2,(H,21,23)(H,24,25)/p-1/t17-/m0/s1. The maximum absolute atomic E-state index is 12.2. The van der Waals surface area contributed by atoms with Crippen molar-refractivity contribution >= 4 is 22.8 Å². The highest BCUT2D eigenvalue weighted by Gasteiger charge is 2.14. The number of hydrogen-bond donors (Lipinski definition) is 1. The molecule has 0 spiro atoms. The first-order valence-electron chi connectivity index (χ1n) is 8.21. The van der Waals surface area contributed by atoms with Crippen molar-refractivity contribution in [2.45, 2.75) is 25.4 Å². The number of aliphatic carboxylic acids is 1. The molecular weight excluding hydrogens is 316 g/mol. The molecule has 1 aromatic heterocycles. The fourth-order valence-electron chi connectivity index (χ4n) is 2.87. The zero-order valence-electron chi connectivity index (χ0n) is 13.7. The number of carboxylic acid groups (broad SMARTS) is 1. The number of aryl methyl sites for hydroxylation is 1. The Balaban J connectivity index is 1.59. The van der Waals surface area contributed by atoms with Crippen LogP contribution < -0.4 is 10.4 Å². The van der Waals surface area contributed by atoms with E-state index >= 15 is 0 Å². The Hall–Kier alpha value is -3.08. The molecule has 0 saturated heterocycles. The van der Waals surface area contributed by atoms with Gasteiger partial charge in [-0.25, -0.2) is 0 Å². The van der Waals surface area contributed by atoms with Gasteiger partial charge in [-0.3, -0.25) is 4.79 Å². The second-order valence-corrected chi connectivity index (χ2v) is 5.95. The summed E-state index contributed by atoms with van der Waals surface area (Å²) in [7, 11) is 0. The first kappa shape index (κ1) is 16.8. The largest absolute Gasteiger partial charge is 0.548 e. The lowest BCUT2D eigenvalue weighted by atomic mass is 10.1. The predicted molar refractivity (Wildman–Crippen MR) is 93.6 cm³/mol. The van der Waals surface area contributed by atoms with Crippen molar-refractivity contribution in [3.63, 3.8) is 0 Å². The average Bonchev–Trinajstić information content (AvgIpc) is 3.03. The molecule has 1 atom stereocenters. The van der Waals surface area contributed by atoms with E-state index in [1.54, 1.807) is 0 Å². The summed E-state index contributed by atoms with van der Waals surface area (Å²) in [5, 5.41) is 15.0. The lowest BCUT2D eigenvalue weighted by Crippen LogP contribution is -2.49. The van der Waals surface area contributed by atoms with Crippen molar-refractivity contribution in [2.24, 2.45) is 0 Å². The van der Waals surface area contributed by atoms with Gasteiger partial charge in [0, 0.05) is 24.7 Å². The minimum absolute atomic E-state index is 0.206. The van der Waals surface area contributed by atoms with Gasteiger partial charge >= 0.3 is 0 Å². The van der Waals surface area contributed by atoms with Crippen LogP contribution in [0.1, 0.15) is 12.0 Å². The molecule has 3 rings (SSSR count). The normalized spacial score (nSPS) is 12.0. The van der Waals surface area contributed by atoms with Crippen molar-refractivity contribution in [2.75, 3.05) is 0 Å². The van der Waals surface area contributed by atoms with Gasteiger partial charge in [0.2, 0.25) is 5.91 Å². The number of aromatic nitrogens is 1. The molecule has 128 valence electrons. The molecule has 0 aliphatic heterocycles. The van der Waals surface area contributed by atoms with E-state index in [4.69, 9.17) is 0 Å². The number of nitrogens with one attached hydrogen (secondary N) is 1. The molecule has 0 saturated carbocycles. The van der Waals surface area contributed by atoms with E-state index < -0.39 is 12.0 Å². The number of carbonyl (C=O) groups excluding carboxylic acids is 2. The summed E-state index contributed by atoms with van der Waals surface area (Å²) in [6, 6.07) is 18.1. The minimum atomic E-state index is -1.27. The molecule has 25 heavy (non-hydrogen) atoms. The Bertz CT molecular complexity index is 871. The number of para-hydroxylation sites is 1. The Morgan fingerprint density at radius 2 is 1.72 bits per heavy atom. The van der Waals surface area contributed by atoms with Crippen LogP contribution in [0, 0.1) is 0 Å². The van der Waals surface area contributed by atoms with Crippen LogP contribution in [0.3, 0.4) is 0 Å². The molecule has 2 aromatic carbocycles. The molecule has 0 aliphatic carbocycles. The lowest BCUT2D eigenvalue weighted by molar-refractivity contribution is -0.308. The highest BCUT2D eigenvalue weighted by atomic mass is 16.4. The SMILES string of the molecule is O=C(CCn1ccc2ccccc21)N[C@@H](Cc1ccccc1)C(=O)[O-]. The summed E-state index contributed by atoms with van der Waals surface area (Å²) >= 11 is 0. The molecule has 5 heteroatoms. The number of amides is 1. The topological polar surface area (TPSA) is 74.2 Å². The summed E-state index contributed by atoms with van der Waals surface area (Å²) in [6.45, 7) is 0.491. The molecule has 0 bridgehead atoms. The number of carboxylic acids is 1. The summed E-state index contributed by atoms with van der Waals surface area (Å²) in [5.74, 6) is -1.58. The third kappa shape index (κ3) is 4.26. The molecule has 0 radical (unpaired) electrons. The second kappa shape index (κ2) is 7.66. The van der Waals surface area contributed by atoms with Crippen LogP contribution in [0.15, 0.2) is 66.9 Å². The minimum Gasteiger partial charge on any atom is -0.548 e. The van der Waals surface area contributed by atoms with E-state index in [0.29, 0.717) is 6.54 Å². The molecule has 3 aromatic rings. The predicted octanol–water partition coefficient (Wildman–Crippen LogP) is 1.51. The van der Waals surface area contributed by atoms with E-state index in [1.807, 2.05) is 71.4 Å². The number of nitrogens with zero attached hydrogens (tertiary/aromatic N) is 1. The van der Waals surface area contributed by atoms with Crippen molar-refractivity contribution in [3.05, 3.63) is 72.4 Å². The van der Waals surface area contributed by atoms with E-state index in [2.05, 4.69) is 5.32 Å². The van der Waals surface area contributed by atoms with Crippen molar-refractivity contribution in [1.29, 1.82) is 0 Å². The van der Waals surface area contributed by atoms with Gasteiger partial charge in [-0.15, -0.1) is 0 Å². The van der Waals surface area contributed by atoms with Crippen molar-refractivity contribution < 1.29 is 14.7 Å². The fourth-order valence-corrected chi connectivity index (χ4v) is 2.87. The molecule has 1 heterocycles. The van der Waals surface area contributed by atoms with Crippen molar-refractivity contribution in [1.82, 2.24) is 9.88 Å². The van der Waals surface area contributed by atoms with Gasteiger partial charge in [-0.05, 0) is 29.5 Å². The molecular formula is C20H19N2O3-. The highest BCUT2D eigenvalue weighted by Crippen LogP contribution is 2.15. The van der Waals surface area contributed by atoms with Gasteiger partial charge in [0.15, 0.2) is 0 Å². The number of carbonyl (C=O) groups is 2. The van der Waals surface area contributed by atoms with Crippen LogP contribution in [0.2, 0.25) is 0 Å². The first-order valence-corrected chi connectivity index (χ1v) is 8.21. The number of rotatable bonds is 7. The van der Waals surface area contributed by atoms with Gasteiger partial charge in [-0.1, -0.05) is 48.5 Å². The van der Waals surface area contributed by atoms with Crippen LogP contribution in [0.25, 0.3) is 10.9 Å². The van der Waals surface area contributed by atoms with Crippen LogP contribution in [0.4, 0.5) is 0 Å². The summed E-state index contributed by atoms with van der Waals surface area (Å²) in [5.41, 5.74) is 1.89. The zero-order valence-corrected chi connectivity index (χ0v) is 13.7. The van der Waals surface area contributed by atoms with E-state index in [9.17, 15) is 14.7 Å². The number of fused-ring (bicyclic) bond motifs is 1. The molecule has 0 fully saturated rings. The second-order valence-electron chi connectivity index (χ2n) is 5.95. The maximum atomic E-state index is 12.2. The molecule has 5 nitrogen and oxygen atoms in total. The summed E-state index contributed by atoms with van der Waals surface area (Å²) < 4.78 is 1.99. The van der Waals surface area contributed by atoms with Crippen molar-refractivity contribution in [3.8, 4) is 0 Å². The molecule has 1 N–H and O–H groups in total. The maximum Gasteiger partial charge on any atom is 0.222 e. The molecule has 0 unspecified atom stereocenters. The number of benzene rings is 2. The lowest BCUT2D eigenvalue weighted by Gasteiger charge is -2.20. The van der Waals surface area contributed by atoms with Gasteiger partial charge < -0.3 is 19.8 Å². The fraction of sp³-hybridized carbons (Fsp3) is 0.200. The van der Waals surface area contributed by atoms with E-state index in [-0.39, 0.29) is 18.7 Å². The van der Waals surface area contributed by atoms with Crippen LogP contribution in [-0.4, -0.2) is 22.5 Å². The zero-order chi connectivity index (χ0) is 17.6. The number of hydrogen-bond acceptors (Lipinski definition) is 3. The van der Waals surface area contributed by atoms with Crippen LogP contribution in [0.5, 0.6) is 0 Å². The van der Waals surface area contributed by atoms with E-state index in [1.165, 1.54) is 0 Å². The summed E-state index contributed by atoms with van der Waals surface area (Å²) in [4.78, 5) is 23.5. The van der Waals surface area contributed by atoms with Gasteiger partial charge in [0.1, 0.15) is 0 Å². The molecule has 1 amide bonds. The smallest absolute Gasteiger partial charge is 0.222 e. The monoisotopic (exact) mass is 335 g/mol. The quantitative estimate of drug-likeness (QED) is 0.711. The van der Waals surface area contributed by atoms with Crippen LogP contribution >= 0.6 is 0 Å². The Labute approximate surface area is 145 Å². The van der Waals surface area contributed by atoms with Gasteiger partial charge in [-0.2, -0.15) is 0 Å². The van der Waals surface area contributed by atoms with Crippen LogP contribution in [-0.2, 0) is 22.6 Å². The highest BCUT2D eigenvalue weighted by molar-refractivity contribution is 5.83. The average molecular weight is 335 g/mol. The first-order chi connectivity index (χ1) is 12.1. The Morgan fingerprint density at radius 1 is 1.00 bits per heavy atom. The summed E-state index contributed by atoms with van der Waals surface area (Å²) in [6.07, 6.45) is 2.34. The van der Waals surface area contributed by atoms with Gasteiger partial charge in [0.25, 0.3) is 0 Å². The Morgan fingerprint density at radius 3 is 2.48 bits per heavy atom. The Kier molecular flexibility index (Phi) is 5.14. The molecule has 0 aliphatic rings.